The fourth-order valence-electron chi connectivity index (χ4n) is 2.31. The van der Waals surface area contributed by atoms with Gasteiger partial charge in [-0.05, 0) is 50.3 Å². The number of amides is 1. The molecule has 1 aromatic rings. The van der Waals surface area contributed by atoms with Crippen molar-refractivity contribution < 1.29 is 19.1 Å². The summed E-state index contributed by atoms with van der Waals surface area (Å²) in [4.78, 5) is 23.1. The molecule has 0 saturated heterocycles. The number of rotatable bonds is 4. The third-order valence-corrected chi connectivity index (χ3v) is 3.90. The molecule has 1 amide bonds. The third kappa shape index (κ3) is 2.40. The lowest BCUT2D eigenvalue weighted by Crippen LogP contribution is -2.38. The molecular formula is C15H18FNO3. The summed E-state index contributed by atoms with van der Waals surface area (Å²) >= 11 is 0. The summed E-state index contributed by atoms with van der Waals surface area (Å²) in [5, 5.41) is 11.8. The van der Waals surface area contributed by atoms with E-state index in [4.69, 9.17) is 5.11 Å². The lowest BCUT2D eigenvalue weighted by molar-refractivity contribution is -0.149. The van der Waals surface area contributed by atoms with Crippen molar-refractivity contribution in [1.82, 2.24) is 5.32 Å². The highest BCUT2D eigenvalue weighted by molar-refractivity contribution is 6.04. The number of carbonyl (C=O) groups excluding carboxylic acids is 1. The van der Waals surface area contributed by atoms with Gasteiger partial charge in [0.15, 0.2) is 0 Å². The van der Waals surface area contributed by atoms with Crippen LogP contribution < -0.4 is 5.32 Å². The number of hydrogen-bond acceptors (Lipinski definition) is 2. The monoisotopic (exact) mass is 279 g/mol. The summed E-state index contributed by atoms with van der Waals surface area (Å²) in [6, 6.07) is 3.00. The van der Waals surface area contributed by atoms with Gasteiger partial charge in [0, 0.05) is 0 Å². The molecule has 2 N–H and O–H groups in total. The molecule has 1 aliphatic carbocycles. The van der Waals surface area contributed by atoms with Crippen molar-refractivity contribution in [1.29, 1.82) is 0 Å². The van der Waals surface area contributed by atoms with E-state index in [1.165, 1.54) is 0 Å². The Bertz CT molecular complexity index is 555. The standard InChI is InChI=1S/C15H18FNO3/c1-8-6-11(7-9(2)12(8)16)10(3)17-13(18)15(4-5-15)14(19)20/h6-7,10H,4-5H2,1-3H3,(H,17,18)(H,19,20). The van der Waals surface area contributed by atoms with Gasteiger partial charge in [0.25, 0.3) is 0 Å². The predicted octanol–water partition coefficient (Wildman–Crippen LogP) is 2.48. The summed E-state index contributed by atoms with van der Waals surface area (Å²) in [6.07, 6.45) is 0.755. The largest absolute Gasteiger partial charge is 0.480 e. The van der Waals surface area contributed by atoms with E-state index in [9.17, 15) is 14.0 Å². The van der Waals surface area contributed by atoms with Gasteiger partial charge in [0.1, 0.15) is 11.2 Å². The molecule has 0 aromatic heterocycles. The number of aryl methyl sites for hydroxylation is 2. The number of carbonyl (C=O) groups is 2. The van der Waals surface area contributed by atoms with E-state index in [-0.39, 0.29) is 11.9 Å². The normalized spacial score (nSPS) is 17.4. The molecular weight excluding hydrogens is 261 g/mol. The average Bonchev–Trinajstić information content (AvgIpc) is 3.16. The minimum atomic E-state index is -1.25. The molecule has 108 valence electrons. The first-order valence-electron chi connectivity index (χ1n) is 6.59. The number of aliphatic carboxylic acids is 1. The van der Waals surface area contributed by atoms with Crippen LogP contribution in [-0.4, -0.2) is 17.0 Å². The Hall–Kier alpha value is -1.91. The van der Waals surface area contributed by atoms with E-state index in [1.54, 1.807) is 32.9 Å². The van der Waals surface area contributed by atoms with Crippen LogP contribution in [0.1, 0.15) is 42.5 Å². The second-order valence-electron chi connectivity index (χ2n) is 5.55. The van der Waals surface area contributed by atoms with Gasteiger partial charge in [-0.1, -0.05) is 12.1 Å². The van der Waals surface area contributed by atoms with Crippen LogP contribution in [0.2, 0.25) is 0 Å². The van der Waals surface area contributed by atoms with E-state index in [1.807, 2.05) is 0 Å². The lowest BCUT2D eigenvalue weighted by atomic mass is 10.00. The molecule has 5 heteroatoms. The molecule has 0 heterocycles. The Morgan fingerprint density at radius 2 is 1.80 bits per heavy atom. The molecule has 20 heavy (non-hydrogen) atoms. The summed E-state index contributed by atoms with van der Waals surface area (Å²) in [7, 11) is 0. The Morgan fingerprint density at radius 1 is 1.30 bits per heavy atom. The molecule has 0 aliphatic heterocycles. The lowest BCUT2D eigenvalue weighted by Gasteiger charge is -2.18. The number of benzene rings is 1. The second kappa shape index (κ2) is 4.89. The van der Waals surface area contributed by atoms with Gasteiger partial charge in [-0.25, -0.2) is 4.39 Å². The van der Waals surface area contributed by atoms with Gasteiger partial charge in [-0.15, -0.1) is 0 Å². The highest BCUT2D eigenvalue weighted by Gasteiger charge is 2.57. The highest BCUT2D eigenvalue weighted by Crippen LogP contribution is 2.46. The fraction of sp³-hybridized carbons (Fsp3) is 0.467. The van der Waals surface area contributed by atoms with Crippen LogP contribution in [0.5, 0.6) is 0 Å². The minimum Gasteiger partial charge on any atom is -0.480 e. The fourth-order valence-corrected chi connectivity index (χ4v) is 2.31. The molecule has 1 aromatic carbocycles. The zero-order valence-electron chi connectivity index (χ0n) is 11.8. The Labute approximate surface area is 117 Å². The molecule has 0 radical (unpaired) electrons. The van der Waals surface area contributed by atoms with Gasteiger partial charge in [-0.2, -0.15) is 0 Å². The molecule has 2 rings (SSSR count). The number of carboxylic acids is 1. The Balaban J connectivity index is 2.15. The topological polar surface area (TPSA) is 66.4 Å². The second-order valence-corrected chi connectivity index (χ2v) is 5.55. The van der Waals surface area contributed by atoms with Crippen molar-refractivity contribution in [3.8, 4) is 0 Å². The first-order chi connectivity index (χ1) is 9.28. The van der Waals surface area contributed by atoms with Crippen molar-refractivity contribution in [2.24, 2.45) is 5.41 Å². The Morgan fingerprint density at radius 3 is 2.20 bits per heavy atom. The highest BCUT2D eigenvalue weighted by atomic mass is 19.1. The van der Waals surface area contributed by atoms with Gasteiger partial charge >= 0.3 is 5.97 Å². The maximum Gasteiger partial charge on any atom is 0.319 e. The van der Waals surface area contributed by atoms with Crippen LogP contribution >= 0.6 is 0 Å². The molecule has 0 bridgehead atoms. The van der Waals surface area contributed by atoms with E-state index in [0.717, 1.165) is 5.56 Å². The van der Waals surface area contributed by atoms with Crippen LogP contribution in [0, 0.1) is 25.1 Å². The first kappa shape index (κ1) is 14.5. The molecule has 4 nitrogen and oxygen atoms in total. The van der Waals surface area contributed by atoms with Crippen LogP contribution in [0.15, 0.2) is 12.1 Å². The number of halogens is 1. The van der Waals surface area contributed by atoms with Crippen LogP contribution in [-0.2, 0) is 9.59 Å². The SMILES string of the molecule is Cc1cc(C(C)NC(=O)C2(C(=O)O)CC2)cc(C)c1F. The third-order valence-electron chi connectivity index (χ3n) is 3.90. The summed E-state index contributed by atoms with van der Waals surface area (Å²) in [5.74, 6) is -1.79. The summed E-state index contributed by atoms with van der Waals surface area (Å²) < 4.78 is 13.6. The Kier molecular flexibility index (Phi) is 3.54. The van der Waals surface area contributed by atoms with Gasteiger partial charge in [0.2, 0.25) is 5.91 Å². The molecule has 1 unspecified atom stereocenters. The van der Waals surface area contributed by atoms with Crippen molar-refractivity contribution >= 4 is 11.9 Å². The summed E-state index contributed by atoms with van der Waals surface area (Å²) in [5.41, 5.74) is 0.551. The van der Waals surface area contributed by atoms with Crippen molar-refractivity contribution in [3.05, 3.63) is 34.6 Å². The van der Waals surface area contributed by atoms with Gasteiger partial charge in [0.05, 0.1) is 6.04 Å². The zero-order valence-corrected chi connectivity index (χ0v) is 11.8. The average molecular weight is 279 g/mol. The maximum absolute atomic E-state index is 13.6. The van der Waals surface area contributed by atoms with Gasteiger partial charge < -0.3 is 10.4 Å². The smallest absolute Gasteiger partial charge is 0.319 e. The number of nitrogens with one attached hydrogen (secondary N) is 1. The van der Waals surface area contributed by atoms with Crippen LogP contribution in [0.3, 0.4) is 0 Å². The van der Waals surface area contributed by atoms with Crippen LogP contribution in [0.4, 0.5) is 4.39 Å². The van der Waals surface area contributed by atoms with Crippen molar-refractivity contribution in [3.63, 3.8) is 0 Å². The van der Waals surface area contributed by atoms with Crippen molar-refractivity contribution in [2.45, 2.75) is 39.7 Å². The van der Waals surface area contributed by atoms with E-state index < -0.39 is 17.3 Å². The van der Waals surface area contributed by atoms with E-state index in [0.29, 0.717) is 24.0 Å². The molecule has 1 aliphatic rings. The summed E-state index contributed by atoms with van der Waals surface area (Å²) in [6.45, 7) is 5.10. The number of hydrogen-bond donors (Lipinski definition) is 2. The first-order valence-corrected chi connectivity index (χ1v) is 6.59. The molecule has 0 spiro atoms. The van der Waals surface area contributed by atoms with Gasteiger partial charge in [-0.3, -0.25) is 9.59 Å². The predicted molar refractivity (Wildman–Crippen MR) is 71.7 cm³/mol. The number of carboxylic acid groups (broad SMARTS) is 1. The molecule has 1 saturated carbocycles. The van der Waals surface area contributed by atoms with E-state index in [2.05, 4.69) is 5.32 Å². The van der Waals surface area contributed by atoms with Crippen LogP contribution in [0.25, 0.3) is 0 Å². The van der Waals surface area contributed by atoms with E-state index >= 15 is 0 Å². The van der Waals surface area contributed by atoms with Crippen molar-refractivity contribution in [2.75, 3.05) is 0 Å². The molecule has 1 fully saturated rings. The maximum atomic E-state index is 13.6. The zero-order chi connectivity index (χ0) is 15.1. The minimum absolute atomic E-state index is 0.253. The quantitative estimate of drug-likeness (QED) is 0.832. The molecule has 1 atom stereocenters.